The summed E-state index contributed by atoms with van der Waals surface area (Å²) in [6.07, 6.45) is 3.32. The van der Waals surface area contributed by atoms with Crippen LogP contribution in [0.3, 0.4) is 0 Å². The molecular weight excluding hydrogens is 220 g/mol. The zero-order valence-electron chi connectivity index (χ0n) is 10.5. The minimum atomic E-state index is 0.800. The van der Waals surface area contributed by atoms with Crippen molar-refractivity contribution in [2.75, 3.05) is 6.54 Å². The smallest absolute Gasteiger partial charge is 0.0960 e. The summed E-state index contributed by atoms with van der Waals surface area (Å²) in [7, 11) is 0. The number of fused-ring (bicyclic) bond motifs is 1. The summed E-state index contributed by atoms with van der Waals surface area (Å²) in [5, 5.41) is 10.6. The van der Waals surface area contributed by atoms with Gasteiger partial charge in [0.05, 0.1) is 5.84 Å². The van der Waals surface area contributed by atoms with E-state index in [1.807, 2.05) is 0 Å². The van der Waals surface area contributed by atoms with Gasteiger partial charge in [-0.05, 0) is 29.2 Å². The van der Waals surface area contributed by atoms with Gasteiger partial charge in [-0.1, -0.05) is 42.5 Å². The van der Waals surface area contributed by atoms with Gasteiger partial charge in [0.2, 0.25) is 0 Å². The van der Waals surface area contributed by atoms with Gasteiger partial charge in [0.1, 0.15) is 0 Å². The van der Waals surface area contributed by atoms with Gasteiger partial charge in [-0.15, -0.1) is 0 Å². The van der Waals surface area contributed by atoms with E-state index in [0.29, 0.717) is 0 Å². The van der Waals surface area contributed by atoms with E-state index in [4.69, 9.17) is 5.41 Å². The summed E-state index contributed by atoms with van der Waals surface area (Å²) in [6.45, 7) is 1.91. The molecule has 2 aromatic carbocycles. The van der Waals surface area contributed by atoms with Crippen molar-refractivity contribution in [2.45, 2.75) is 25.8 Å². The van der Waals surface area contributed by atoms with Gasteiger partial charge in [-0.2, -0.15) is 0 Å². The number of piperidine rings is 1. The molecule has 1 aliphatic rings. The molecule has 0 amide bonds. The molecule has 0 bridgehead atoms. The van der Waals surface area contributed by atoms with Crippen molar-refractivity contribution in [2.24, 2.45) is 0 Å². The first-order valence-corrected chi connectivity index (χ1v) is 6.63. The Labute approximate surface area is 108 Å². The minimum Gasteiger partial charge on any atom is -0.356 e. The molecule has 2 aromatic rings. The van der Waals surface area contributed by atoms with Gasteiger partial charge in [0.25, 0.3) is 0 Å². The first kappa shape index (κ1) is 11.3. The average molecular weight is 238 g/mol. The Hall–Kier alpha value is -1.83. The average Bonchev–Trinajstić information content (AvgIpc) is 2.42. The molecule has 1 fully saturated rings. The molecule has 0 aromatic heterocycles. The van der Waals surface area contributed by atoms with Crippen LogP contribution in [0.5, 0.6) is 0 Å². The van der Waals surface area contributed by atoms with Crippen LogP contribution < -0.4 is 0 Å². The maximum atomic E-state index is 8.03. The summed E-state index contributed by atoms with van der Waals surface area (Å²) < 4.78 is 0. The van der Waals surface area contributed by atoms with Crippen LogP contribution in [0.1, 0.15) is 24.8 Å². The number of hydrogen-bond acceptors (Lipinski definition) is 1. The van der Waals surface area contributed by atoms with E-state index in [1.54, 1.807) is 0 Å². The predicted molar refractivity (Wildman–Crippen MR) is 75.9 cm³/mol. The van der Waals surface area contributed by atoms with E-state index >= 15 is 0 Å². The zero-order chi connectivity index (χ0) is 12.4. The van der Waals surface area contributed by atoms with Crippen LogP contribution in [-0.4, -0.2) is 17.3 Å². The van der Waals surface area contributed by atoms with E-state index in [2.05, 4.69) is 47.4 Å². The highest BCUT2D eigenvalue weighted by Gasteiger charge is 2.15. The van der Waals surface area contributed by atoms with E-state index < -0.39 is 0 Å². The lowest BCUT2D eigenvalue weighted by Crippen LogP contribution is -2.34. The number of nitrogens with one attached hydrogen (secondary N) is 1. The highest BCUT2D eigenvalue weighted by molar-refractivity contribution is 5.86. The summed E-state index contributed by atoms with van der Waals surface area (Å²) >= 11 is 0. The molecular formula is C16H18N2. The van der Waals surface area contributed by atoms with Crippen LogP contribution in [0.4, 0.5) is 0 Å². The molecule has 2 heteroatoms. The molecule has 1 heterocycles. The molecule has 1 N–H and O–H groups in total. The van der Waals surface area contributed by atoms with Crippen molar-refractivity contribution in [3.63, 3.8) is 0 Å². The molecule has 0 radical (unpaired) electrons. The molecule has 0 unspecified atom stereocenters. The van der Waals surface area contributed by atoms with Crippen molar-refractivity contribution in [1.82, 2.24) is 4.90 Å². The Bertz CT molecular complexity index is 569. The third kappa shape index (κ3) is 2.10. The standard InChI is InChI=1S/C16H18N2/c17-16-10-3-4-11-18(16)12-14-8-5-7-13-6-1-2-9-15(13)14/h1-2,5-9,17H,3-4,10-12H2. The quantitative estimate of drug-likeness (QED) is 0.846. The van der Waals surface area contributed by atoms with E-state index in [-0.39, 0.29) is 0 Å². The number of nitrogens with zero attached hydrogens (tertiary/aromatic N) is 1. The maximum Gasteiger partial charge on any atom is 0.0960 e. The maximum absolute atomic E-state index is 8.03. The zero-order valence-corrected chi connectivity index (χ0v) is 10.5. The molecule has 92 valence electrons. The molecule has 1 aliphatic heterocycles. The van der Waals surface area contributed by atoms with Crippen molar-refractivity contribution in [3.05, 3.63) is 48.0 Å². The molecule has 0 atom stereocenters. The SMILES string of the molecule is N=C1CCCCN1Cc1cccc2ccccc12. The van der Waals surface area contributed by atoms with Gasteiger partial charge in [-0.3, -0.25) is 5.41 Å². The Balaban J connectivity index is 1.92. The Morgan fingerprint density at radius 1 is 1.00 bits per heavy atom. The summed E-state index contributed by atoms with van der Waals surface area (Å²) in [5.41, 5.74) is 1.33. The van der Waals surface area contributed by atoms with Gasteiger partial charge < -0.3 is 4.90 Å². The van der Waals surface area contributed by atoms with Crippen LogP contribution in [0.2, 0.25) is 0 Å². The lowest BCUT2D eigenvalue weighted by atomic mass is 10.0. The monoisotopic (exact) mass is 238 g/mol. The Kier molecular flexibility index (Phi) is 3.01. The second kappa shape index (κ2) is 4.81. The second-order valence-corrected chi connectivity index (χ2v) is 4.96. The van der Waals surface area contributed by atoms with Gasteiger partial charge in [-0.25, -0.2) is 0 Å². The van der Waals surface area contributed by atoms with Gasteiger partial charge in [0.15, 0.2) is 0 Å². The fourth-order valence-corrected chi connectivity index (χ4v) is 2.70. The number of hydrogen-bond donors (Lipinski definition) is 1. The first-order valence-electron chi connectivity index (χ1n) is 6.63. The number of rotatable bonds is 2. The van der Waals surface area contributed by atoms with E-state index in [9.17, 15) is 0 Å². The topological polar surface area (TPSA) is 27.1 Å². The fourth-order valence-electron chi connectivity index (χ4n) is 2.70. The van der Waals surface area contributed by atoms with E-state index in [1.165, 1.54) is 29.2 Å². The van der Waals surface area contributed by atoms with Crippen molar-refractivity contribution < 1.29 is 0 Å². The van der Waals surface area contributed by atoms with Crippen molar-refractivity contribution in [3.8, 4) is 0 Å². The molecule has 1 saturated heterocycles. The summed E-state index contributed by atoms with van der Waals surface area (Å²) in [6, 6.07) is 15.0. The van der Waals surface area contributed by atoms with Crippen LogP contribution in [0, 0.1) is 5.41 Å². The lowest BCUT2D eigenvalue weighted by molar-refractivity contribution is 0.362. The summed E-state index contributed by atoms with van der Waals surface area (Å²) in [5.74, 6) is 0.800. The number of benzene rings is 2. The Morgan fingerprint density at radius 3 is 2.72 bits per heavy atom. The fraction of sp³-hybridized carbons (Fsp3) is 0.312. The number of likely N-dealkylation sites (tertiary alicyclic amines) is 1. The van der Waals surface area contributed by atoms with Crippen LogP contribution in [0.25, 0.3) is 10.8 Å². The van der Waals surface area contributed by atoms with Crippen LogP contribution in [-0.2, 0) is 6.54 Å². The number of amidine groups is 1. The molecule has 18 heavy (non-hydrogen) atoms. The molecule has 0 spiro atoms. The third-order valence-corrected chi connectivity index (χ3v) is 3.71. The lowest BCUT2D eigenvalue weighted by Gasteiger charge is -2.29. The minimum absolute atomic E-state index is 0.800. The van der Waals surface area contributed by atoms with Crippen LogP contribution in [0.15, 0.2) is 42.5 Å². The molecule has 0 saturated carbocycles. The normalized spacial score (nSPS) is 16.2. The van der Waals surface area contributed by atoms with Crippen molar-refractivity contribution >= 4 is 16.6 Å². The highest BCUT2D eigenvalue weighted by atomic mass is 15.2. The Morgan fingerprint density at radius 2 is 1.83 bits per heavy atom. The van der Waals surface area contributed by atoms with Gasteiger partial charge >= 0.3 is 0 Å². The second-order valence-electron chi connectivity index (χ2n) is 4.96. The van der Waals surface area contributed by atoms with Crippen molar-refractivity contribution in [1.29, 1.82) is 5.41 Å². The third-order valence-electron chi connectivity index (χ3n) is 3.71. The van der Waals surface area contributed by atoms with E-state index in [0.717, 1.165) is 25.3 Å². The molecule has 2 nitrogen and oxygen atoms in total. The molecule has 0 aliphatic carbocycles. The first-order chi connectivity index (χ1) is 8.84. The van der Waals surface area contributed by atoms with Crippen LogP contribution >= 0.6 is 0 Å². The summed E-state index contributed by atoms with van der Waals surface area (Å²) in [4.78, 5) is 2.21. The largest absolute Gasteiger partial charge is 0.356 e. The highest BCUT2D eigenvalue weighted by Crippen LogP contribution is 2.22. The van der Waals surface area contributed by atoms with Gasteiger partial charge in [0, 0.05) is 19.5 Å². The predicted octanol–water partition coefficient (Wildman–Crippen LogP) is 3.80. The molecule has 3 rings (SSSR count).